The molecule has 0 radical (unpaired) electrons. The monoisotopic (exact) mass is 290 g/mol. The Balaban J connectivity index is 2.07. The van der Waals surface area contributed by atoms with Crippen LogP contribution in [0.1, 0.15) is 23.7 Å². The Kier molecular flexibility index (Phi) is 4.85. The molecule has 0 aliphatic carbocycles. The molecule has 20 heavy (non-hydrogen) atoms. The first-order valence-corrected chi connectivity index (χ1v) is 7.06. The fourth-order valence-electron chi connectivity index (χ4n) is 2.02. The number of benzene rings is 1. The van der Waals surface area contributed by atoms with Crippen LogP contribution in [0.5, 0.6) is 5.75 Å². The first-order chi connectivity index (χ1) is 9.60. The van der Waals surface area contributed by atoms with E-state index in [9.17, 15) is 0 Å². The van der Waals surface area contributed by atoms with Gasteiger partial charge >= 0.3 is 0 Å². The Morgan fingerprint density at radius 3 is 2.55 bits per heavy atom. The predicted octanol–water partition coefficient (Wildman–Crippen LogP) is 4.36. The molecule has 0 saturated carbocycles. The number of nitrogens with zero attached hydrogens (tertiary/aromatic N) is 1. The number of aromatic nitrogens is 1. The van der Waals surface area contributed by atoms with E-state index >= 15 is 0 Å². The van der Waals surface area contributed by atoms with Crippen molar-refractivity contribution in [3.8, 4) is 5.75 Å². The molecule has 2 aromatic rings. The van der Waals surface area contributed by atoms with Crippen LogP contribution >= 0.6 is 11.6 Å². The van der Waals surface area contributed by atoms with Crippen LogP contribution in [-0.4, -0.2) is 11.5 Å². The molecule has 2 rings (SSSR count). The van der Waals surface area contributed by atoms with E-state index in [1.54, 1.807) is 6.20 Å². The number of hydrogen-bond acceptors (Lipinski definition) is 3. The topological polar surface area (TPSA) is 34.2 Å². The summed E-state index contributed by atoms with van der Waals surface area (Å²) in [7, 11) is 0. The maximum atomic E-state index is 6.15. The lowest BCUT2D eigenvalue weighted by molar-refractivity contribution is 0.301. The predicted molar refractivity (Wildman–Crippen MR) is 83.7 cm³/mol. The van der Waals surface area contributed by atoms with Gasteiger partial charge in [-0.1, -0.05) is 11.6 Å². The van der Waals surface area contributed by atoms with E-state index in [-0.39, 0.29) is 0 Å². The summed E-state index contributed by atoms with van der Waals surface area (Å²) < 4.78 is 5.79. The summed E-state index contributed by atoms with van der Waals surface area (Å²) >= 11 is 6.15. The van der Waals surface area contributed by atoms with Gasteiger partial charge < -0.3 is 10.1 Å². The number of aryl methyl sites for hydroxylation is 2. The molecular weight excluding hydrogens is 272 g/mol. The standard InChI is InChI=1S/C16H19ClN2O/c1-4-18-13-5-6-19-14(9-13)10-20-15-7-11(2)16(17)12(3)8-15/h5-9H,4,10H2,1-3H3,(H,18,19). The number of pyridine rings is 1. The summed E-state index contributed by atoms with van der Waals surface area (Å²) in [6.07, 6.45) is 1.79. The highest BCUT2D eigenvalue weighted by atomic mass is 35.5. The van der Waals surface area contributed by atoms with Gasteiger partial charge in [0.25, 0.3) is 0 Å². The number of ether oxygens (including phenoxy) is 1. The molecule has 4 heteroatoms. The van der Waals surface area contributed by atoms with Crippen LogP contribution in [-0.2, 0) is 6.61 Å². The summed E-state index contributed by atoms with van der Waals surface area (Å²) in [5.41, 5.74) is 4.00. The third-order valence-corrected chi connectivity index (χ3v) is 3.59. The molecule has 0 spiro atoms. The van der Waals surface area contributed by atoms with E-state index in [1.807, 2.05) is 38.1 Å². The van der Waals surface area contributed by atoms with Gasteiger partial charge in [-0.05, 0) is 56.2 Å². The van der Waals surface area contributed by atoms with E-state index in [0.717, 1.165) is 39.8 Å². The highest BCUT2D eigenvalue weighted by Gasteiger charge is 2.04. The van der Waals surface area contributed by atoms with Gasteiger partial charge in [-0.25, -0.2) is 0 Å². The van der Waals surface area contributed by atoms with Crippen molar-refractivity contribution in [2.75, 3.05) is 11.9 Å². The van der Waals surface area contributed by atoms with Gasteiger partial charge in [0.2, 0.25) is 0 Å². The highest BCUT2D eigenvalue weighted by molar-refractivity contribution is 6.32. The maximum Gasteiger partial charge on any atom is 0.130 e. The third-order valence-electron chi connectivity index (χ3n) is 2.99. The van der Waals surface area contributed by atoms with Crippen molar-refractivity contribution in [1.29, 1.82) is 0 Å². The summed E-state index contributed by atoms with van der Waals surface area (Å²) in [5.74, 6) is 0.819. The van der Waals surface area contributed by atoms with Crippen LogP contribution in [0.25, 0.3) is 0 Å². The molecule has 0 bridgehead atoms. The first kappa shape index (κ1) is 14.7. The molecule has 1 aromatic carbocycles. The van der Waals surface area contributed by atoms with Crippen molar-refractivity contribution in [3.63, 3.8) is 0 Å². The Bertz CT molecular complexity index is 576. The van der Waals surface area contributed by atoms with Gasteiger partial charge in [0, 0.05) is 23.5 Å². The summed E-state index contributed by atoms with van der Waals surface area (Å²) in [5, 5.41) is 4.05. The van der Waals surface area contributed by atoms with Crippen LogP contribution in [0.2, 0.25) is 5.02 Å². The summed E-state index contributed by atoms with van der Waals surface area (Å²) in [4.78, 5) is 4.31. The van der Waals surface area contributed by atoms with Crippen molar-refractivity contribution in [2.45, 2.75) is 27.4 Å². The van der Waals surface area contributed by atoms with Crippen LogP contribution in [0.15, 0.2) is 30.5 Å². The zero-order valence-electron chi connectivity index (χ0n) is 12.0. The van der Waals surface area contributed by atoms with Gasteiger partial charge in [0.05, 0.1) is 5.69 Å². The molecule has 1 N–H and O–H groups in total. The number of halogens is 1. The molecule has 0 unspecified atom stereocenters. The number of nitrogens with one attached hydrogen (secondary N) is 1. The SMILES string of the molecule is CCNc1ccnc(COc2cc(C)c(Cl)c(C)c2)c1. The Hall–Kier alpha value is -1.74. The second-order valence-electron chi connectivity index (χ2n) is 4.73. The zero-order valence-corrected chi connectivity index (χ0v) is 12.8. The second-order valence-corrected chi connectivity index (χ2v) is 5.10. The zero-order chi connectivity index (χ0) is 14.5. The lowest BCUT2D eigenvalue weighted by atomic mass is 10.1. The summed E-state index contributed by atoms with van der Waals surface area (Å²) in [6.45, 7) is 7.36. The molecule has 0 aliphatic heterocycles. The Morgan fingerprint density at radius 1 is 1.20 bits per heavy atom. The average Bonchev–Trinajstić information content (AvgIpc) is 2.43. The van der Waals surface area contributed by atoms with Gasteiger partial charge in [-0.3, -0.25) is 4.98 Å². The minimum atomic E-state index is 0.444. The Labute approximate surface area is 124 Å². The molecule has 0 aliphatic rings. The molecule has 1 aromatic heterocycles. The van der Waals surface area contributed by atoms with Crippen molar-refractivity contribution in [1.82, 2.24) is 4.98 Å². The number of rotatable bonds is 5. The van der Waals surface area contributed by atoms with E-state index in [2.05, 4.69) is 17.2 Å². The molecule has 0 amide bonds. The molecule has 1 heterocycles. The lowest BCUT2D eigenvalue weighted by Crippen LogP contribution is -2.02. The van der Waals surface area contributed by atoms with E-state index < -0.39 is 0 Å². The molecule has 106 valence electrons. The quantitative estimate of drug-likeness (QED) is 0.888. The molecule has 3 nitrogen and oxygen atoms in total. The lowest BCUT2D eigenvalue weighted by Gasteiger charge is -2.10. The largest absolute Gasteiger partial charge is 0.487 e. The number of anilines is 1. The molecule has 0 fully saturated rings. The molecule has 0 atom stereocenters. The Morgan fingerprint density at radius 2 is 1.90 bits per heavy atom. The van der Waals surface area contributed by atoms with Crippen molar-refractivity contribution < 1.29 is 4.74 Å². The first-order valence-electron chi connectivity index (χ1n) is 6.68. The van der Waals surface area contributed by atoms with E-state index in [0.29, 0.717) is 6.61 Å². The minimum Gasteiger partial charge on any atom is -0.487 e. The van der Waals surface area contributed by atoms with Crippen LogP contribution in [0.4, 0.5) is 5.69 Å². The van der Waals surface area contributed by atoms with E-state index in [1.165, 1.54) is 0 Å². The van der Waals surface area contributed by atoms with Crippen molar-refractivity contribution in [2.24, 2.45) is 0 Å². The van der Waals surface area contributed by atoms with Gasteiger partial charge in [-0.15, -0.1) is 0 Å². The van der Waals surface area contributed by atoms with Crippen LogP contribution in [0, 0.1) is 13.8 Å². The van der Waals surface area contributed by atoms with Crippen molar-refractivity contribution >= 4 is 17.3 Å². The highest BCUT2D eigenvalue weighted by Crippen LogP contribution is 2.26. The maximum absolute atomic E-state index is 6.15. The van der Waals surface area contributed by atoms with Crippen LogP contribution < -0.4 is 10.1 Å². The van der Waals surface area contributed by atoms with Crippen molar-refractivity contribution in [3.05, 3.63) is 52.3 Å². The smallest absolute Gasteiger partial charge is 0.130 e. The van der Waals surface area contributed by atoms with Gasteiger partial charge in [0.1, 0.15) is 12.4 Å². The fraction of sp³-hybridized carbons (Fsp3) is 0.312. The molecular formula is C16H19ClN2O. The average molecular weight is 291 g/mol. The van der Waals surface area contributed by atoms with Gasteiger partial charge in [0.15, 0.2) is 0 Å². The van der Waals surface area contributed by atoms with E-state index in [4.69, 9.17) is 16.3 Å². The molecule has 0 saturated heterocycles. The normalized spacial score (nSPS) is 10.4. The van der Waals surface area contributed by atoms with Crippen LogP contribution in [0.3, 0.4) is 0 Å². The summed E-state index contributed by atoms with van der Waals surface area (Å²) in [6, 6.07) is 7.84. The minimum absolute atomic E-state index is 0.444. The van der Waals surface area contributed by atoms with Gasteiger partial charge in [-0.2, -0.15) is 0 Å². The third kappa shape index (κ3) is 3.64. The second kappa shape index (κ2) is 6.62. The fourth-order valence-corrected chi connectivity index (χ4v) is 2.13. The number of hydrogen-bond donors (Lipinski definition) is 1.